The summed E-state index contributed by atoms with van der Waals surface area (Å²) in [5.41, 5.74) is 0.847. The molecule has 0 aromatic heterocycles. The summed E-state index contributed by atoms with van der Waals surface area (Å²) < 4.78 is 10.3. The van der Waals surface area contributed by atoms with Gasteiger partial charge in [-0.3, -0.25) is 0 Å². The number of aliphatic hydroxyl groups is 1. The van der Waals surface area contributed by atoms with Gasteiger partial charge < -0.3 is 14.6 Å². The SMILES string of the molecule is C[C@H](O)c1ccc2c(c1)OCO2. The maximum atomic E-state index is 9.26. The van der Waals surface area contributed by atoms with E-state index >= 15 is 0 Å². The highest BCUT2D eigenvalue weighted by atomic mass is 16.7. The molecule has 64 valence electrons. The molecule has 0 unspecified atom stereocenters. The smallest absolute Gasteiger partial charge is 0.231 e. The molecule has 0 saturated carbocycles. The van der Waals surface area contributed by atoms with Gasteiger partial charge in [0.05, 0.1) is 6.10 Å². The third kappa shape index (κ3) is 1.12. The highest BCUT2D eigenvalue weighted by molar-refractivity contribution is 5.44. The van der Waals surface area contributed by atoms with Crippen molar-refractivity contribution in [3.05, 3.63) is 23.8 Å². The number of fused-ring (bicyclic) bond motifs is 1. The molecule has 0 saturated heterocycles. The molecule has 1 aliphatic heterocycles. The van der Waals surface area contributed by atoms with Crippen molar-refractivity contribution in [2.24, 2.45) is 0 Å². The minimum Gasteiger partial charge on any atom is -0.454 e. The lowest BCUT2D eigenvalue weighted by molar-refractivity contribution is 0.173. The van der Waals surface area contributed by atoms with Crippen molar-refractivity contribution in [2.75, 3.05) is 6.79 Å². The molecular weight excluding hydrogens is 156 g/mol. The van der Waals surface area contributed by atoms with Crippen LogP contribution in [0.1, 0.15) is 18.6 Å². The molecule has 1 atom stereocenters. The standard InChI is InChI=1S/C9H10O3/c1-6(10)7-2-3-8-9(4-7)12-5-11-8/h2-4,6,10H,5H2,1H3/t6-/m0/s1. The molecule has 0 radical (unpaired) electrons. The molecule has 12 heavy (non-hydrogen) atoms. The summed E-state index contributed by atoms with van der Waals surface area (Å²) in [6, 6.07) is 5.44. The van der Waals surface area contributed by atoms with Crippen LogP contribution in [0.2, 0.25) is 0 Å². The monoisotopic (exact) mass is 166 g/mol. The lowest BCUT2D eigenvalue weighted by Gasteiger charge is -2.04. The summed E-state index contributed by atoms with van der Waals surface area (Å²) in [6.45, 7) is 2.00. The molecule has 1 heterocycles. The Hall–Kier alpha value is -1.22. The number of benzene rings is 1. The first kappa shape index (κ1) is 7.43. The van der Waals surface area contributed by atoms with E-state index in [1.807, 2.05) is 12.1 Å². The van der Waals surface area contributed by atoms with Crippen LogP contribution in [0.15, 0.2) is 18.2 Å². The Bertz CT molecular complexity index is 294. The summed E-state index contributed by atoms with van der Waals surface area (Å²) in [4.78, 5) is 0. The Morgan fingerprint density at radius 1 is 1.33 bits per heavy atom. The molecule has 1 aromatic carbocycles. The predicted octanol–water partition coefficient (Wildman–Crippen LogP) is 1.47. The fourth-order valence-corrected chi connectivity index (χ4v) is 1.17. The van der Waals surface area contributed by atoms with Crippen LogP contribution in [0.4, 0.5) is 0 Å². The predicted molar refractivity (Wildman–Crippen MR) is 43.2 cm³/mol. The molecule has 2 rings (SSSR count). The van der Waals surface area contributed by atoms with Gasteiger partial charge in [0, 0.05) is 0 Å². The molecule has 0 fully saturated rings. The molecule has 3 nitrogen and oxygen atoms in total. The molecule has 0 aliphatic carbocycles. The lowest BCUT2D eigenvalue weighted by Crippen LogP contribution is -1.93. The van der Waals surface area contributed by atoms with Crippen molar-refractivity contribution in [2.45, 2.75) is 13.0 Å². The van der Waals surface area contributed by atoms with Gasteiger partial charge in [-0.05, 0) is 24.6 Å². The van der Waals surface area contributed by atoms with Crippen molar-refractivity contribution in [3.63, 3.8) is 0 Å². The second-order valence-corrected chi connectivity index (χ2v) is 2.79. The molecular formula is C9H10O3. The third-order valence-electron chi connectivity index (χ3n) is 1.88. The topological polar surface area (TPSA) is 38.7 Å². The van der Waals surface area contributed by atoms with Gasteiger partial charge in [0.1, 0.15) is 0 Å². The number of aliphatic hydroxyl groups excluding tert-OH is 1. The molecule has 3 heteroatoms. The zero-order chi connectivity index (χ0) is 8.55. The average molecular weight is 166 g/mol. The van der Waals surface area contributed by atoms with Crippen molar-refractivity contribution >= 4 is 0 Å². The first-order valence-electron chi connectivity index (χ1n) is 3.85. The number of hydrogen-bond acceptors (Lipinski definition) is 3. The summed E-state index contributed by atoms with van der Waals surface area (Å²) in [5, 5.41) is 9.26. The van der Waals surface area contributed by atoms with Gasteiger partial charge in [0.2, 0.25) is 6.79 Å². The Labute approximate surface area is 70.5 Å². The summed E-state index contributed by atoms with van der Waals surface area (Å²) in [6.07, 6.45) is -0.459. The molecule has 0 spiro atoms. The molecule has 1 N–H and O–H groups in total. The van der Waals surface area contributed by atoms with E-state index in [0.717, 1.165) is 11.3 Å². The Balaban J connectivity index is 2.39. The largest absolute Gasteiger partial charge is 0.454 e. The highest BCUT2D eigenvalue weighted by Gasteiger charge is 2.14. The van der Waals surface area contributed by atoms with Gasteiger partial charge in [-0.1, -0.05) is 6.07 Å². The van der Waals surface area contributed by atoms with Crippen LogP contribution in [0, 0.1) is 0 Å². The van der Waals surface area contributed by atoms with E-state index in [2.05, 4.69) is 0 Å². The number of ether oxygens (including phenoxy) is 2. The third-order valence-corrected chi connectivity index (χ3v) is 1.88. The van der Waals surface area contributed by atoms with E-state index in [4.69, 9.17) is 9.47 Å². The van der Waals surface area contributed by atoms with Crippen LogP contribution in [0.3, 0.4) is 0 Å². The first-order chi connectivity index (χ1) is 5.77. The second kappa shape index (κ2) is 2.68. The second-order valence-electron chi connectivity index (χ2n) is 2.79. The first-order valence-corrected chi connectivity index (χ1v) is 3.85. The molecule has 0 bridgehead atoms. The Morgan fingerprint density at radius 3 is 2.83 bits per heavy atom. The lowest BCUT2D eigenvalue weighted by atomic mass is 10.1. The van der Waals surface area contributed by atoms with Crippen LogP contribution >= 0.6 is 0 Å². The van der Waals surface area contributed by atoms with Crippen LogP contribution in [0.5, 0.6) is 11.5 Å². The molecule has 1 aliphatic rings. The van der Waals surface area contributed by atoms with E-state index in [9.17, 15) is 5.11 Å². The summed E-state index contributed by atoms with van der Waals surface area (Å²) in [7, 11) is 0. The fraction of sp³-hybridized carbons (Fsp3) is 0.333. The van der Waals surface area contributed by atoms with Gasteiger partial charge in [-0.15, -0.1) is 0 Å². The maximum Gasteiger partial charge on any atom is 0.231 e. The normalized spacial score (nSPS) is 16.2. The zero-order valence-corrected chi connectivity index (χ0v) is 6.78. The van der Waals surface area contributed by atoms with Crippen molar-refractivity contribution < 1.29 is 14.6 Å². The fourth-order valence-electron chi connectivity index (χ4n) is 1.17. The average Bonchev–Trinajstić information content (AvgIpc) is 2.49. The van der Waals surface area contributed by atoms with Crippen molar-refractivity contribution in [3.8, 4) is 11.5 Å². The minimum atomic E-state index is -0.459. The molecule has 1 aromatic rings. The van der Waals surface area contributed by atoms with E-state index in [1.165, 1.54) is 0 Å². The zero-order valence-electron chi connectivity index (χ0n) is 6.78. The van der Waals surface area contributed by atoms with Crippen molar-refractivity contribution in [1.29, 1.82) is 0 Å². The van der Waals surface area contributed by atoms with Crippen LogP contribution in [0.25, 0.3) is 0 Å². The minimum absolute atomic E-state index is 0.276. The number of rotatable bonds is 1. The van der Waals surface area contributed by atoms with E-state index < -0.39 is 6.10 Å². The van der Waals surface area contributed by atoms with Gasteiger partial charge in [-0.25, -0.2) is 0 Å². The van der Waals surface area contributed by atoms with Crippen LogP contribution in [-0.4, -0.2) is 11.9 Å². The van der Waals surface area contributed by atoms with Gasteiger partial charge in [-0.2, -0.15) is 0 Å². The summed E-state index contributed by atoms with van der Waals surface area (Å²) >= 11 is 0. The Morgan fingerprint density at radius 2 is 2.08 bits per heavy atom. The van der Waals surface area contributed by atoms with Gasteiger partial charge in [0.25, 0.3) is 0 Å². The van der Waals surface area contributed by atoms with Crippen LogP contribution in [-0.2, 0) is 0 Å². The van der Waals surface area contributed by atoms with E-state index in [-0.39, 0.29) is 6.79 Å². The summed E-state index contributed by atoms with van der Waals surface area (Å²) in [5.74, 6) is 1.47. The van der Waals surface area contributed by atoms with Gasteiger partial charge in [0.15, 0.2) is 11.5 Å². The number of hydrogen-bond donors (Lipinski definition) is 1. The van der Waals surface area contributed by atoms with Crippen molar-refractivity contribution in [1.82, 2.24) is 0 Å². The van der Waals surface area contributed by atoms with Crippen LogP contribution < -0.4 is 9.47 Å². The van der Waals surface area contributed by atoms with E-state index in [0.29, 0.717) is 5.75 Å². The van der Waals surface area contributed by atoms with Gasteiger partial charge >= 0.3 is 0 Å². The highest BCUT2D eigenvalue weighted by Crippen LogP contribution is 2.33. The Kier molecular flexibility index (Phi) is 1.66. The van der Waals surface area contributed by atoms with E-state index in [1.54, 1.807) is 13.0 Å². The quantitative estimate of drug-likeness (QED) is 0.686. The maximum absolute atomic E-state index is 9.26. The molecule has 0 amide bonds.